The fourth-order valence-corrected chi connectivity index (χ4v) is 5.00. The quantitative estimate of drug-likeness (QED) is 0.815. The second kappa shape index (κ2) is 5.72. The molecule has 96 valence electrons. The number of pyridine rings is 1. The molecular formula is C12H14ClN3S2. The molecule has 3 heterocycles. The molecule has 18 heavy (non-hydrogen) atoms. The normalized spacial score (nSPS) is 20.4. The number of fused-ring (bicyclic) bond motifs is 1. The third kappa shape index (κ3) is 2.49. The number of thioether (sulfide) groups is 2. The van der Waals surface area contributed by atoms with Crippen molar-refractivity contribution >= 4 is 46.3 Å². The molecule has 6 heteroatoms. The summed E-state index contributed by atoms with van der Waals surface area (Å²) in [5.74, 6) is 5.10. The molecule has 2 aromatic heterocycles. The summed E-state index contributed by atoms with van der Waals surface area (Å²) in [7, 11) is 0. The highest BCUT2D eigenvalue weighted by molar-refractivity contribution is 8.06. The van der Waals surface area contributed by atoms with Crippen LogP contribution in [0.15, 0.2) is 18.3 Å². The van der Waals surface area contributed by atoms with Crippen molar-refractivity contribution < 1.29 is 0 Å². The van der Waals surface area contributed by atoms with Crippen molar-refractivity contribution in [3.8, 4) is 0 Å². The first-order chi connectivity index (χ1) is 8.88. The summed E-state index contributed by atoms with van der Waals surface area (Å²) in [6.07, 6.45) is 1.82. The lowest BCUT2D eigenvalue weighted by Gasteiger charge is -2.22. The standard InChI is InChI=1S/C12H14ClN3S2/c13-6-11-15-10-2-1-3-14-12(10)16(11)7-9-8-17-4-5-18-9/h1-3,9H,4-8H2. The van der Waals surface area contributed by atoms with Crippen LogP contribution in [-0.2, 0) is 12.4 Å². The Morgan fingerprint density at radius 1 is 1.44 bits per heavy atom. The van der Waals surface area contributed by atoms with Crippen molar-refractivity contribution in [3.63, 3.8) is 0 Å². The number of nitrogens with zero attached hydrogens (tertiary/aromatic N) is 3. The summed E-state index contributed by atoms with van der Waals surface area (Å²) in [5.41, 5.74) is 1.91. The number of halogens is 1. The molecule has 1 fully saturated rings. The maximum Gasteiger partial charge on any atom is 0.160 e. The van der Waals surface area contributed by atoms with E-state index in [1.165, 1.54) is 17.3 Å². The molecule has 0 spiro atoms. The van der Waals surface area contributed by atoms with Crippen molar-refractivity contribution in [2.24, 2.45) is 0 Å². The highest BCUT2D eigenvalue weighted by Crippen LogP contribution is 2.27. The topological polar surface area (TPSA) is 30.7 Å². The smallest absolute Gasteiger partial charge is 0.160 e. The summed E-state index contributed by atoms with van der Waals surface area (Å²) in [6, 6.07) is 3.92. The average Bonchev–Trinajstić information content (AvgIpc) is 2.78. The lowest BCUT2D eigenvalue weighted by molar-refractivity contribution is 0.681. The van der Waals surface area contributed by atoms with Gasteiger partial charge in [-0.3, -0.25) is 0 Å². The second-order valence-corrected chi connectivity index (χ2v) is 7.01. The molecule has 0 saturated carbocycles. The number of alkyl halides is 1. The van der Waals surface area contributed by atoms with Crippen molar-refractivity contribution in [3.05, 3.63) is 24.2 Å². The van der Waals surface area contributed by atoms with Gasteiger partial charge in [0.25, 0.3) is 0 Å². The first-order valence-electron chi connectivity index (χ1n) is 5.94. The Morgan fingerprint density at radius 3 is 3.17 bits per heavy atom. The van der Waals surface area contributed by atoms with Gasteiger partial charge in [-0.1, -0.05) is 0 Å². The van der Waals surface area contributed by atoms with E-state index in [0.29, 0.717) is 11.1 Å². The molecule has 1 aliphatic rings. The summed E-state index contributed by atoms with van der Waals surface area (Å²) >= 11 is 10.1. The van der Waals surface area contributed by atoms with Crippen LogP contribution in [0.5, 0.6) is 0 Å². The van der Waals surface area contributed by atoms with Gasteiger partial charge in [0.05, 0.1) is 5.88 Å². The minimum Gasteiger partial charge on any atom is -0.311 e. The van der Waals surface area contributed by atoms with E-state index >= 15 is 0 Å². The molecule has 3 rings (SSSR count). The number of hydrogen-bond donors (Lipinski definition) is 0. The Morgan fingerprint density at radius 2 is 2.39 bits per heavy atom. The lowest BCUT2D eigenvalue weighted by Crippen LogP contribution is -2.21. The molecule has 1 saturated heterocycles. The van der Waals surface area contributed by atoms with E-state index in [-0.39, 0.29) is 0 Å². The van der Waals surface area contributed by atoms with Crippen LogP contribution in [-0.4, -0.2) is 37.0 Å². The average molecular weight is 300 g/mol. The van der Waals surface area contributed by atoms with E-state index in [4.69, 9.17) is 11.6 Å². The second-order valence-electron chi connectivity index (χ2n) is 4.19. The number of hydrogen-bond acceptors (Lipinski definition) is 4. The molecule has 0 N–H and O–H groups in total. The van der Waals surface area contributed by atoms with Gasteiger partial charge < -0.3 is 4.57 Å². The van der Waals surface area contributed by atoms with E-state index in [9.17, 15) is 0 Å². The van der Waals surface area contributed by atoms with Gasteiger partial charge in [-0.05, 0) is 12.1 Å². The molecule has 1 unspecified atom stereocenters. The molecule has 1 atom stereocenters. The minimum atomic E-state index is 0.445. The van der Waals surface area contributed by atoms with Crippen LogP contribution in [0, 0.1) is 0 Å². The van der Waals surface area contributed by atoms with E-state index in [1.807, 2.05) is 41.9 Å². The number of imidazole rings is 1. The molecule has 0 aliphatic carbocycles. The molecule has 3 nitrogen and oxygen atoms in total. The Kier molecular flexibility index (Phi) is 4.01. The Labute approximate surface area is 120 Å². The molecule has 0 amide bonds. The number of rotatable bonds is 3. The van der Waals surface area contributed by atoms with Gasteiger partial charge in [-0.2, -0.15) is 23.5 Å². The van der Waals surface area contributed by atoms with Crippen LogP contribution in [0.1, 0.15) is 5.82 Å². The van der Waals surface area contributed by atoms with Crippen LogP contribution < -0.4 is 0 Å². The molecule has 0 radical (unpaired) electrons. The van der Waals surface area contributed by atoms with Gasteiger partial charge in [0, 0.05) is 35.3 Å². The monoisotopic (exact) mass is 299 g/mol. The molecule has 0 bridgehead atoms. The Bertz CT molecular complexity index is 537. The molecular weight excluding hydrogens is 286 g/mol. The largest absolute Gasteiger partial charge is 0.311 e. The third-order valence-electron chi connectivity index (χ3n) is 2.97. The van der Waals surface area contributed by atoms with Gasteiger partial charge in [0.1, 0.15) is 11.3 Å². The first kappa shape index (κ1) is 12.6. The van der Waals surface area contributed by atoms with Crippen molar-refractivity contribution in [1.29, 1.82) is 0 Å². The highest BCUT2D eigenvalue weighted by Gasteiger charge is 2.18. The first-order valence-corrected chi connectivity index (χ1v) is 8.67. The molecule has 2 aromatic rings. The maximum atomic E-state index is 6.00. The molecule has 0 aromatic carbocycles. The fraction of sp³-hybridized carbons (Fsp3) is 0.500. The van der Waals surface area contributed by atoms with Gasteiger partial charge in [0.15, 0.2) is 5.65 Å². The van der Waals surface area contributed by atoms with Crippen LogP contribution >= 0.6 is 35.1 Å². The highest BCUT2D eigenvalue weighted by atomic mass is 35.5. The van der Waals surface area contributed by atoms with Crippen LogP contribution in [0.2, 0.25) is 0 Å². The zero-order chi connectivity index (χ0) is 12.4. The van der Waals surface area contributed by atoms with Gasteiger partial charge in [0.2, 0.25) is 0 Å². The lowest BCUT2D eigenvalue weighted by atomic mass is 10.4. The van der Waals surface area contributed by atoms with E-state index in [0.717, 1.165) is 23.5 Å². The summed E-state index contributed by atoms with van der Waals surface area (Å²) in [5, 5.41) is 0.644. The van der Waals surface area contributed by atoms with Crippen LogP contribution in [0.3, 0.4) is 0 Å². The van der Waals surface area contributed by atoms with Crippen LogP contribution in [0.4, 0.5) is 0 Å². The molecule has 1 aliphatic heterocycles. The Hall–Kier alpha value is -0.390. The van der Waals surface area contributed by atoms with Crippen molar-refractivity contribution in [2.75, 3.05) is 17.3 Å². The zero-order valence-corrected chi connectivity index (χ0v) is 12.3. The summed E-state index contributed by atoms with van der Waals surface area (Å²) in [4.78, 5) is 8.99. The number of aromatic nitrogens is 3. The summed E-state index contributed by atoms with van der Waals surface area (Å²) < 4.78 is 2.19. The predicted octanol–water partition coefficient (Wildman–Crippen LogP) is 3.02. The van der Waals surface area contributed by atoms with E-state index in [1.54, 1.807) is 0 Å². The van der Waals surface area contributed by atoms with Crippen molar-refractivity contribution in [1.82, 2.24) is 14.5 Å². The minimum absolute atomic E-state index is 0.445. The van der Waals surface area contributed by atoms with Gasteiger partial charge >= 0.3 is 0 Å². The SMILES string of the molecule is ClCc1nc2cccnc2n1CC1CSCCS1. The van der Waals surface area contributed by atoms with Crippen molar-refractivity contribution in [2.45, 2.75) is 17.7 Å². The van der Waals surface area contributed by atoms with E-state index in [2.05, 4.69) is 14.5 Å². The zero-order valence-electron chi connectivity index (χ0n) is 9.88. The predicted molar refractivity (Wildman–Crippen MR) is 80.7 cm³/mol. The Balaban J connectivity index is 1.93. The summed E-state index contributed by atoms with van der Waals surface area (Å²) in [6.45, 7) is 0.966. The van der Waals surface area contributed by atoms with Crippen LogP contribution in [0.25, 0.3) is 11.2 Å². The fourth-order valence-electron chi connectivity index (χ4n) is 2.14. The van der Waals surface area contributed by atoms with E-state index < -0.39 is 0 Å². The maximum absolute atomic E-state index is 6.00. The van der Waals surface area contributed by atoms with Gasteiger partial charge in [-0.25, -0.2) is 9.97 Å². The third-order valence-corrected chi connectivity index (χ3v) is 6.04. The van der Waals surface area contributed by atoms with Gasteiger partial charge in [-0.15, -0.1) is 11.6 Å².